The van der Waals surface area contributed by atoms with Gasteiger partial charge in [0.05, 0.1) is 6.04 Å². The summed E-state index contributed by atoms with van der Waals surface area (Å²) >= 11 is 0. The summed E-state index contributed by atoms with van der Waals surface area (Å²) in [6.07, 6.45) is 0. The molecule has 2 atom stereocenters. The molecule has 0 saturated carbocycles. The summed E-state index contributed by atoms with van der Waals surface area (Å²) in [5.74, 6) is 0.561. The Morgan fingerprint density at radius 2 is 1.85 bits per heavy atom. The summed E-state index contributed by atoms with van der Waals surface area (Å²) in [5.41, 5.74) is 3.47. The molecule has 4 heteroatoms. The van der Waals surface area contributed by atoms with Crippen molar-refractivity contribution in [2.24, 2.45) is 0 Å². The predicted molar refractivity (Wildman–Crippen MR) is 74.2 cm³/mol. The monoisotopic (exact) mass is 269 g/mol. The fraction of sp³-hybridized carbons (Fsp3) is 0.250. The van der Waals surface area contributed by atoms with E-state index in [1.54, 1.807) is 6.07 Å². The van der Waals surface area contributed by atoms with Gasteiger partial charge in [-0.3, -0.25) is 0 Å². The second-order valence-electron chi connectivity index (χ2n) is 5.35. The van der Waals surface area contributed by atoms with Crippen LogP contribution in [0.3, 0.4) is 0 Å². The summed E-state index contributed by atoms with van der Waals surface area (Å²) in [6.45, 7) is 1.40. The van der Waals surface area contributed by atoms with Crippen LogP contribution in [0, 0.1) is 0 Å². The minimum absolute atomic E-state index is 0.101. The standard InChI is InChI=1S/C16H15NO3/c18-13-5-11-15(6-14(13)19)20-8-12-16(11)10-4-2-1-3-9(10)7-17-12/h1-6,12,16-19H,7-8H2/t12-,16+/m0/s1. The molecule has 2 aliphatic rings. The van der Waals surface area contributed by atoms with Crippen molar-refractivity contribution in [1.82, 2.24) is 5.32 Å². The minimum atomic E-state index is -0.140. The van der Waals surface area contributed by atoms with Crippen LogP contribution in [-0.2, 0) is 6.54 Å². The Kier molecular flexibility index (Phi) is 2.41. The number of hydrogen-bond donors (Lipinski definition) is 3. The van der Waals surface area contributed by atoms with Crippen LogP contribution in [-0.4, -0.2) is 22.9 Å². The molecule has 0 saturated heterocycles. The first-order valence-electron chi connectivity index (χ1n) is 6.74. The quantitative estimate of drug-likeness (QED) is 0.641. The van der Waals surface area contributed by atoms with E-state index in [1.807, 2.05) is 12.1 Å². The molecule has 2 heterocycles. The topological polar surface area (TPSA) is 61.7 Å². The predicted octanol–water partition coefficient (Wildman–Crippen LogP) is 2.09. The molecular weight excluding hydrogens is 254 g/mol. The summed E-state index contributed by atoms with van der Waals surface area (Å²) in [7, 11) is 0. The molecule has 0 bridgehead atoms. The van der Waals surface area contributed by atoms with Gasteiger partial charge in [-0.1, -0.05) is 24.3 Å². The van der Waals surface area contributed by atoms with Gasteiger partial charge < -0.3 is 20.3 Å². The number of fused-ring (bicyclic) bond motifs is 5. The lowest BCUT2D eigenvalue weighted by atomic mass is 9.78. The minimum Gasteiger partial charge on any atom is -0.504 e. The van der Waals surface area contributed by atoms with Crippen molar-refractivity contribution in [1.29, 1.82) is 0 Å². The molecule has 2 aromatic carbocycles. The molecule has 2 aromatic rings. The fourth-order valence-electron chi connectivity index (χ4n) is 3.24. The summed E-state index contributed by atoms with van der Waals surface area (Å²) in [5, 5.41) is 22.9. The highest BCUT2D eigenvalue weighted by Gasteiger charge is 2.36. The molecular formula is C16H15NO3. The lowest BCUT2D eigenvalue weighted by molar-refractivity contribution is 0.214. The van der Waals surface area contributed by atoms with E-state index in [2.05, 4.69) is 17.4 Å². The molecule has 0 radical (unpaired) electrons. The van der Waals surface area contributed by atoms with Crippen LogP contribution in [0.4, 0.5) is 0 Å². The maximum atomic E-state index is 9.79. The fourth-order valence-corrected chi connectivity index (χ4v) is 3.24. The van der Waals surface area contributed by atoms with Crippen molar-refractivity contribution in [3.8, 4) is 17.2 Å². The number of phenolic OH excluding ortho intramolecular Hbond substituents is 2. The van der Waals surface area contributed by atoms with E-state index in [0.717, 1.165) is 12.1 Å². The van der Waals surface area contributed by atoms with Gasteiger partial charge in [-0.15, -0.1) is 0 Å². The molecule has 4 nitrogen and oxygen atoms in total. The first kappa shape index (κ1) is 11.6. The molecule has 0 fully saturated rings. The van der Waals surface area contributed by atoms with Gasteiger partial charge >= 0.3 is 0 Å². The lowest BCUT2D eigenvalue weighted by Gasteiger charge is -2.39. The highest BCUT2D eigenvalue weighted by atomic mass is 16.5. The highest BCUT2D eigenvalue weighted by Crippen LogP contribution is 2.45. The van der Waals surface area contributed by atoms with E-state index in [-0.39, 0.29) is 23.5 Å². The molecule has 0 unspecified atom stereocenters. The average Bonchev–Trinajstić information content (AvgIpc) is 2.48. The van der Waals surface area contributed by atoms with E-state index in [0.29, 0.717) is 12.4 Å². The molecule has 0 amide bonds. The third-order valence-electron chi connectivity index (χ3n) is 4.21. The molecule has 4 rings (SSSR count). The zero-order valence-corrected chi connectivity index (χ0v) is 10.8. The van der Waals surface area contributed by atoms with E-state index in [9.17, 15) is 10.2 Å². The number of phenols is 2. The number of nitrogens with one attached hydrogen (secondary N) is 1. The second-order valence-corrected chi connectivity index (χ2v) is 5.35. The lowest BCUT2D eigenvalue weighted by Crippen LogP contribution is -2.46. The Hall–Kier alpha value is -2.20. The Labute approximate surface area is 116 Å². The van der Waals surface area contributed by atoms with Crippen LogP contribution in [0.2, 0.25) is 0 Å². The van der Waals surface area contributed by atoms with Crippen LogP contribution in [0.15, 0.2) is 36.4 Å². The summed E-state index contributed by atoms with van der Waals surface area (Å²) < 4.78 is 5.71. The maximum absolute atomic E-state index is 9.79. The number of aromatic hydroxyl groups is 2. The van der Waals surface area contributed by atoms with Crippen molar-refractivity contribution in [2.45, 2.75) is 18.5 Å². The first-order valence-corrected chi connectivity index (χ1v) is 6.74. The number of ether oxygens (including phenoxy) is 1. The van der Waals surface area contributed by atoms with Gasteiger partial charge in [0.1, 0.15) is 12.4 Å². The van der Waals surface area contributed by atoms with Gasteiger partial charge in [0, 0.05) is 24.1 Å². The third kappa shape index (κ3) is 1.58. The smallest absolute Gasteiger partial charge is 0.161 e. The molecule has 3 N–H and O–H groups in total. The Balaban J connectivity index is 1.92. The molecule has 0 aliphatic carbocycles. The van der Waals surface area contributed by atoms with Gasteiger partial charge in [0.2, 0.25) is 0 Å². The summed E-state index contributed by atoms with van der Waals surface area (Å²) in [4.78, 5) is 0. The molecule has 0 spiro atoms. The van der Waals surface area contributed by atoms with Crippen LogP contribution in [0.25, 0.3) is 0 Å². The van der Waals surface area contributed by atoms with Crippen molar-refractivity contribution in [3.05, 3.63) is 53.1 Å². The van der Waals surface area contributed by atoms with E-state index >= 15 is 0 Å². The van der Waals surface area contributed by atoms with Crippen LogP contribution >= 0.6 is 0 Å². The summed E-state index contributed by atoms with van der Waals surface area (Å²) in [6, 6.07) is 11.6. The van der Waals surface area contributed by atoms with Gasteiger partial charge in [0.15, 0.2) is 11.5 Å². The zero-order chi connectivity index (χ0) is 13.7. The molecule has 2 aliphatic heterocycles. The van der Waals surface area contributed by atoms with Crippen molar-refractivity contribution in [3.63, 3.8) is 0 Å². The molecule has 102 valence electrons. The van der Waals surface area contributed by atoms with Crippen molar-refractivity contribution < 1.29 is 14.9 Å². The van der Waals surface area contributed by atoms with E-state index in [4.69, 9.17) is 4.74 Å². The Morgan fingerprint density at radius 3 is 2.75 bits per heavy atom. The second kappa shape index (κ2) is 4.15. The largest absolute Gasteiger partial charge is 0.504 e. The first-order chi connectivity index (χ1) is 9.74. The van der Waals surface area contributed by atoms with Crippen molar-refractivity contribution in [2.75, 3.05) is 6.61 Å². The van der Waals surface area contributed by atoms with Gasteiger partial charge in [0.25, 0.3) is 0 Å². The third-order valence-corrected chi connectivity index (χ3v) is 4.21. The average molecular weight is 269 g/mol. The maximum Gasteiger partial charge on any atom is 0.161 e. The number of benzene rings is 2. The SMILES string of the molecule is Oc1cc2c(cc1O)[C@H]1c3ccccc3CN[C@H]1CO2. The van der Waals surface area contributed by atoms with E-state index in [1.165, 1.54) is 17.2 Å². The van der Waals surface area contributed by atoms with Gasteiger partial charge in [-0.25, -0.2) is 0 Å². The van der Waals surface area contributed by atoms with Crippen LogP contribution in [0.5, 0.6) is 17.2 Å². The Bertz CT molecular complexity index is 683. The van der Waals surface area contributed by atoms with Gasteiger partial charge in [-0.2, -0.15) is 0 Å². The van der Waals surface area contributed by atoms with Crippen LogP contribution < -0.4 is 10.1 Å². The Morgan fingerprint density at radius 1 is 1.05 bits per heavy atom. The number of rotatable bonds is 0. The zero-order valence-electron chi connectivity index (χ0n) is 10.8. The van der Waals surface area contributed by atoms with Gasteiger partial charge in [-0.05, 0) is 17.2 Å². The van der Waals surface area contributed by atoms with E-state index < -0.39 is 0 Å². The highest BCUT2D eigenvalue weighted by molar-refractivity contribution is 5.55. The number of hydrogen-bond acceptors (Lipinski definition) is 4. The normalized spacial score (nSPS) is 23.2. The van der Waals surface area contributed by atoms with Crippen LogP contribution in [0.1, 0.15) is 22.6 Å². The molecule has 0 aromatic heterocycles. The molecule has 20 heavy (non-hydrogen) atoms. The van der Waals surface area contributed by atoms with Crippen molar-refractivity contribution >= 4 is 0 Å².